The van der Waals surface area contributed by atoms with Gasteiger partial charge in [0, 0.05) is 25.0 Å². The SMILES string of the molecule is CCc1ccc([C@@H](NC(=O)CSc2nnc(-c3ccncc3)n2C)C(C)C)cc1. The van der Waals surface area contributed by atoms with Crippen LogP contribution in [0.4, 0.5) is 0 Å². The summed E-state index contributed by atoms with van der Waals surface area (Å²) in [4.78, 5) is 16.6. The molecule has 0 fully saturated rings. The minimum Gasteiger partial charge on any atom is -0.348 e. The molecule has 1 amide bonds. The van der Waals surface area contributed by atoms with Crippen LogP contribution in [0.1, 0.15) is 37.9 Å². The van der Waals surface area contributed by atoms with Crippen molar-refractivity contribution in [1.29, 1.82) is 0 Å². The molecule has 0 aliphatic heterocycles. The first kappa shape index (κ1) is 21.0. The Kier molecular flexibility index (Phi) is 7.04. The molecule has 3 aromatic rings. The molecule has 0 aliphatic carbocycles. The third-order valence-electron chi connectivity index (χ3n) is 4.84. The zero-order chi connectivity index (χ0) is 20.8. The van der Waals surface area contributed by atoms with E-state index in [1.165, 1.54) is 17.3 Å². The van der Waals surface area contributed by atoms with E-state index in [2.05, 4.69) is 65.5 Å². The van der Waals surface area contributed by atoms with Gasteiger partial charge in [-0.05, 0) is 35.6 Å². The van der Waals surface area contributed by atoms with E-state index in [1.54, 1.807) is 12.4 Å². The first-order chi connectivity index (χ1) is 14.0. The Morgan fingerprint density at radius 2 is 1.79 bits per heavy atom. The Morgan fingerprint density at radius 3 is 2.41 bits per heavy atom. The largest absolute Gasteiger partial charge is 0.348 e. The summed E-state index contributed by atoms with van der Waals surface area (Å²) in [6.45, 7) is 6.38. The van der Waals surface area contributed by atoms with Gasteiger partial charge < -0.3 is 9.88 Å². The van der Waals surface area contributed by atoms with Crippen LogP contribution in [0.25, 0.3) is 11.4 Å². The van der Waals surface area contributed by atoms with Crippen molar-refractivity contribution in [3.05, 3.63) is 59.9 Å². The average Bonchev–Trinajstić information content (AvgIpc) is 3.11. The standard InChI is InChI=1S/C22H27N5OS/c1-5-16-6-8-17(9-7-16)20(15(2)3)24-19(28)14-29-22-26-25-21(27(22)4)18-10-12-23-13-11-18/h6-13,15,20H,5,14H2,1-4H3,(H,24,28)/t20-/m0/s1. The minimum atomic E-state index is -0.0131. The van der Waals surface area contributed by atoms with Gasteiger partial charge in [0.1, 0.15) is 0 Å². The average molecular weight is 410 g/mol. The van der Waals surface area contributed by atoms with Gasteiger partial charge in [0.15, 0.2) is 11.0 Å². The molecule has 0 unspecified atom stereocenters. The van der Waals surface area contributed by atoms with E-state index in [9.17, 15) is 4.79 Å². The molecule has 3 rings (SSSR count). The number of thioether (sulfide) groups is 1. The van der Waals surface area contributed by atoms with Gasteiger partial charge in [0.2, 0.25) is 5.91 Å². The van der Waals surface area contributed by atoms with Crippen LogP contribution in [0.5, 0.6) is 0 Å². The van der Waals surface area contributed by atoms with Crippen LogP contribution in [0.15, 0.2) is 53.9 Å². The Morgan fingerprint density at radius 1 is 1.10 bits per heavy atom. The molecular formula is C22H27N5OS. The molecule has 1 aromatic carbocycles. The van der Waals surface area contributed by atoms with Gasteiger partial charge in [-0.25, -0.2) is 0 Å². The summed E-state index contributed by atoms with van der Waals surface area (Å²) in [6.07, 6.45) is 4.46. The number of hydrogen-bond donors (Lipinski definition) is 1. The van der Waals surface area contributed by atoms with E-state index < -0.39 is 0 Å². The van der Waals surface area contributed by atoms with Crippen LogP contribution in [0, 0.1) is 5.92 Å². The molecule has 7 heteroatoms. The van der Waals surface area contributed by atoms with Crippen molar-refractivity contribution in [1.82, 2.24) is 25.1 Å². The number of aromatic nitrogens is 4. The molecular weight excluding hydrogens is 382 g/mol. The fourth-order valence-corrected chi connectivity index (χ4v) is 3.86. The second-order valence-electron chi connectivity index (χ2n) is 7.27. The van der Waals surface area contributed by atoms with Crippen LogP contribution < -0.4 is 5.32 Å². The summed E-state index contributed by atoms with van der Waals surface area (Å²) in [7, 11) is 1.90. The van der Waals surface area contributed by atoms with E-state index in [0.717, 1.165) is 23.4 Å². The number of nitrogens with one attached hydrogen (secondary N) is 1. The lowest BCUT2D eigenvalue weighted by Crippen LogP contribution is -2.33. The van der Waals surface area contributed by atoms with Crippen molar-refractivity contribution in [3.63, 3.8) is 0 Å². The number of benzene rings is 1. The van der Waals surface area contributed by atoms with Crippen molar-refractivity contribution in [2.24, 2.45) is 13.0 Å². The van der Waals surface area contributed by atoms with Crippen molar-refractivity contribution < 1.29 is 4.79 Å². The van der Waals surface area contributed by atoms with E-state index in [0.29, 0.717) is 16.8 Å². The molecule has 1 atom stereocenters. The van der Waals surface area contributed by atoms with Gasteiger partial charge in [-0.2, -0.15) is 0 Å². The van der Waals surface area contributed by atoms with Crippen molar-refractivity contribution in [2.75, 3.05) is 5.75 Å². The molecule has 0 saturated heterocycles. The lowest BCUT2D eigenvalue weighted by molar-refractivity contribution is -0.119. The number of aryl methyl sites for hydroxylation is 1. The van der Waals surface area contributed by atoms with E-state index >= 15 is 0 Å². The fraction of sp³-hybridized carbons (Fsp3) is 0.364. The Balaban J connectivity index is 1.63. The molecule has 2 aromatic heterocycles. The minimum absolute atomic E-state index is 0.0123. The number of amides is 1. The Bertz CT molecular complexity index is 938. The molecule has 0 saturated carbocycles. The normalized spacial score (nSPS) is 12.2. The summed E-state index contributed by atoms with van der Waals surface area (Å²) >= 11 is 1.39. The maximum Gasteiger partial charge on any atom is 0.230 e. The predicted molar refractivity (Wildman–Crippen MR) is 116 cm³/mol. The lowest BCUT2D eigenvalue weighted by atomic mass is 9.95. The van der Waals surface area contributed by atoms with Crippen LogP contribution in [0.3, 0.4) is 0 Å². The number of nitrogens with zero attached hydrogens (tertiary/aromatic N) is 4. The summed E-state index contributed by atoms with van der Waals surface area (Å²) in [5.74, 6) is 1.33. The van der Waals surface area contributed by atoms with Gasteiger partial charge in [-0.3, -0.25) is 9.78 Å². The molecule has 29 heavy (non-hydrogen) atoms. The number of carbonyl (C=O) groups excluding carboxylic acids is 1. The zero-order valence-electron chi connectivity index (χ0n) is 17.3. The van der Waals surface area contributed by atoms with E-state index in [4.69, 9.17) is 0 Å². The maximum absolute atomic E-state index is 12.6. The number of carbonyl (C=O) groups is 1. The highest BCUT2D eigenvalue weighted by Crippen LogP contribution is 2.24. The molecule has 2 heterocycles. The van der Waals surface area contributed by atoms with Crippen molar-refractivity contribution >= 4 is 17.7 Å². The summed E-state index contributed by atoms with van der Waals surface area (Å²) in [5.41, 5.74) is 3.38. The Hall–Kier alpha value is -2.67. The molecule has 0 aliphatic rings. The fourth-order valence-electron chi connectivity index (χ4n) is 3.13. The molecule has 0 radical (unpaired) electrons. The first-order valence-electron chi connectivity index (χ1n) is 9.80. The summed E-state index contributed by atoms with van der Waals surface area (Å²) < 4.78 is 1.90. The van der Waals surface area contributed by atoms with Crippen molar-refractivity contribution in [3.8, 4) is 11.4 Å². The van der Waals surface area contributed by atoms with Gasteiger partial charge >= 0.3 is 0 Å². The molecule has 0 bridgehead atoms. The van der Waals surface area contributed by atoms with Crippen LogP contribution >= 0.6 is 11.8 Å². The quantitative estimate of drug-likeness (QED) is 0.568. The Labute approximate surface area is 176 Å². The topological polar surface area (TPSA) is 72.7 Å². The van der Waals surface area contributed by atoms with E-state index in [1.807, 2.05) is 23.7 Å². The molecule has 1 N–H and O–H groups in total. The smallest absolute Gasteiger partial charge is 0.230 e. The van der Waals surface area contributed by atoms with Gasteiger partial charge in [0.25, 0.3) is 0 Å². The van der Waals surface area contributed by atoms with Gasteiger partial charge in [-0.1, -0.05) is 56.8 Å². The monoisotopic (exact) mass is 409 g/mol. The maximum atomic E-state index is 12.6. The number of hydrogen-bond acceptors (Lipinski definition) is 5. The number of pyridine rings is 1. The number of rotatable bonds is 8. The highest BCUT2D eigenvalue weighted by Gasteiger charge is 2.19. The van der Waals surface area contributed by atoms with Gasteiger partial charge in [0.05, 0.1) is 11.8 Å². The second-order valence-corrected chi connectivity index (χ2v) is 8.22. The predicted octanol–water partition coefficient (Wildman–Crippen LogP) is 4.05. The van der Waals surface area contributed by atoms with Crippen LogP contribution in [-0.2, 0) is 18.3 Å². The van der Waals surface area contributed by atoms with Crippen molar-refractivity contribution in [2.45, 2.75) is 38.4 Å². The molecule has 6 nitrogen and oxygen atoms in total. The second kappa shape index (κ2) is 9.69. The molecule has 0 spiro atoms. The van der Waals surface area contributed by atoms with Crippen LogP contribution in [0.2, 0.25) is 0 Å². The highest BCUT2D eigenvalue weighted by molar-refractivity contribution is 7.99. The summed E-state index contributed by atoms with van der Waals surface area (Å²) in [6, 6.07) is 12.3. The van der Waals surface area contributed by atoms with E-state index in [-0.39, 0.29) is 11.9 Å². The summed E-state index contributed by atoms with van der Waals surface area (Å²) in [5, 5.41) is 12.4. The van der Waals surface area contributed by atoms with Gasteiger partial charge in [-0.15, -0.1) is 10.2 Å². The third kappa shape index (κ3) is 5.23. The highest BCUT2D eigenvalue weighted by atomic mass is 32.2. The van der Waals surface area contributed by atoms with Crippen LogP contribution in [-0.4, -0.2) is 31.4 Å². The third-order valence-corrected chi connectivity index (χ3v) is 5.86. The lowest BCUT2D eigenvalue weighted by Gasteiger charge is -2.23. The first-order valence-corrected chi connectivity index (χ1v) is 10.8. The molecule has 152 valence electrons. The zero-order valence-corrected chi connectivity index (χ0v) is 18.1.